The van der Waals surface area contributed by atoms with Crippen LogP contribution in [0.3, 0.4) is 0 Å². The number of benzene rings is 2. The van der Waals surface area contributed by atoms with Crippen LogP contribution in [-0.2, 0) is 0 Å². The summed E-state index contributed by atoms with van der Waals surface area (Å²) in [5.74, 6) is -1.13. The number of aromatic hydroxyl groups is 1. The Morgan fingerprint density at radius 3 is 2.81 bits per heavy atom. The number of rotatable bonds is 2. The molecule has 1 amide bonds. The van der Waals surface area contributed by atoms with Crippen LogP contribution in [0.4, 0.5) is 5.69 Å². The van der Waals surface area contributed by atoms with E-state index < -0.39 is 11.5 Å². The van der Waals surface area contributed by atoms with Gasteiger partial charge in [-0.05, 0) is 30.3 Å². The number of fused-ring (bicyclic) bond motifs is 2. The Kier molecular flexibility index (Phi) is 3.78. The smallest absolute Gasteiger partial charge is 0.349 e. The Balaban J connectivity index is 1.75. The lowest BCUT2D eigenvalue weighted by Crippen LogP contribution is -2.11. The number of hydrogen-bond acceptors (Lipinski definition) is 5. The lowest BCUT2D eigenvalue weighted by molar-refractivity contribution is 0.0991. The molecule has 0 saturated carbocycles. The van der Waals surface area contributed by atoms with Crippen LogP contribution in [0.15, 0.2) is 68.0 Å². The lowest BCUT2D eigenvalue weighted by atomic mass is 10.2. The van der Waals surface area contributed by atoms with Crippen LogP contribution in [0, 0.1) is 0 Å². The molecule has 0 unspecified atom stereocenters. The van der Waals surface area contributed by atoms with Gasteiger partial charge in [-0.25, -0.2) is 4.79 Å². The largest absolute Gasteiger partial charge is 0.493 e. The minimum atomic E-state index is -0.875. The fraction of sp³-hybridized carbons (Fsp3) is 0. The summed E-state index contributed by atoms with van der Waals surface area (Å²) in [4.78, 5) is 27.0. The summed E-state index contributed by atoms with van der Waals surface area (Å²) in [6, 6.07) is 13.1. The van der Waals surface area contributed by atoms with Crippen molar-refractivity contribution in [2.75, 3.05) is 0 Å². The summed E-state index contributed by atoms with van der Waals surface area (Å²) in [6.45, 7) is 0. The van der Waals surface area contributed by atoms with Crippen LogP contribution in [0.2, 0.25) is 5.02 Å². The predicted molar refractivity (Wildman–Crippen MR) is 96.3 cm³/mol. The highest BCUT2D eigenvalue weighted by Crippen LogP contribution is 2.36. The number of carbonyl (C=O) groups excluding carboxylic acids is 1. The Morgan fingerprint density at radius 2 is 1.96 bits per heavy atom. The molecule has 2 heterocycles. The molecule has 26 heavy (non-hydrogen) atoms. The van der Waals surface area contributed by atoms with Gasteiger partial charge in [0.1, 0.15) is 11.1 Å². The molecule has 4 aromatic rings. The highest BCUT2D eigenvalue weighted by molar-refractivity contribution is 6.31. The minimum absolute atomic E-state index is 0.0565. The Morgan fingerprint density at radius 1 is 1.15 bits per heavy atom. The van der Waals surface area contributed by atoms with Gasteiger partial charge in [0.05, 0.1) is 5.52 Å². The number of nitrogens with zero attached hydrogens (tertiary/aromatic N) is 2. The van der Waals surface area contributed by atoms with Gasteiger partial charge in [0.2, 0.25) is 5.88 Å². The molecule has 7 nitrogen and oxygen atoms in total. The summed E-state index contributed by atoms with van der Waals surface area (Å²) in [7, 11) is 0. The number of aromatic amines is 1. The van der Waals surface area contributed by atoms with Crippen LogP contribution >= 0.6 is 11.6 Å². The maximum atomic E-state index is 12.3. The molecular weight excluding hydrogens is 358 g/mol. The van der Waals surface area contributed by atoms with Crippen LogP contribution < -0.4 is 5.63 Å². The van der Waals surface area contributed by atoms with Gasteiger partial charge >= 0.3 is 11.5 Å². The first-order chi connectivity index (χ1) is 12.5. The number of amides is 1. The molecule has 4 rings (SSSR count). The van der Waals surface area contributed by atoms with Crippen molar-refractivity contribution in [3.05, 3.63) is 69.5 Å². The van der Waals surface area contributed by atoms with Gasteiger partial charge in [0.15, 0.2) is 5.69 Å². The van der Waals surface area contributed by atoms with E-state index in [4.69, 9.17) is 16.0 Å². The van der Waals surface area contributed by atoms with Gasteiger partial charge in [-0.2, -0.15) is 0 Å². The first-order valence-corrected chi connectivity index (χ1v) is 7.90. The number of hydrogen-bond donors (Lipinski definition) is 2. The normalized spacial score (nSPS) is 11.6. The molecule has 0 spiro atoms. The van der Waals surface area contributed by atoms with E-state index in [1.807, 2.05) is 0 Å². The molecule has 0 fully saturated rings. The van der Waals surface area contributed by atoms with Crippen LogP contribution in [0.25, 0.3) is 21.9 Å². The van der Waals surface area contributed by atoms with Crippen molar-refractivity contribution in [2.45, 2.75) is 0 Å². The van der Waals surface area contributed by atoms with Crippen LogP contribution in [-0.4, -0.2) is 16.0 Å². The number of para-hydroxylation sites is 1. The van der Waals surface area contributed by atoms with Crippen molar-refractivity contribution < 1.29 is 14.3 Å². The van der Waals surface area contributed by atoms with Crippen molar-refractivity contribution in [1.82, 2.24) is 4.98 Å². The zero-order chi connectivity index (χ0) is 18.3. The third-order valence-corrected chi connectivity index (χ3v) is 4.06. The summed E-state index contributed by atoms with van der Waals surface area (Å²) in [5.41, 5.74) is -0.0434. The van der Waals surface area contributed by atoms with E-state index in [-0.39, 0.29) is 17.1 Å². The van der Waals surface area contributed by atoms with Gasteiger partial charge in [0.25, 0.3) is 0 Å². The number of halogens is 1. The fourth-order valence-electron chi connectivity index (χ4n) is 2.60. The zero-order valence-corrected chi connectivity index (χ0v) is 13.8. The summed E-state index contributed by atoms with van der Waals surface area (Å²) >= 11 is 5.95. The second-order valence-electron chi connectivity index (χ2n) is 5.50. The predicted octanol–water partition coefficient (Wildman–Crippen LogP) is 4.56. The first kappa shape index (κ1) is 16.0. The Bertz CT molecular complexity index is 1260. The monoisotopic (exact) mass is 367 g/mol. The molecule has 0 aliphatic heterocycles. The first-order valence-electron chi connectivity index (χ1n) is 7.52. The van der Waals surface area contributed by atoms with E-state index in [9.17, 15) is 14.7 Å². The second kappa shape index (κ2) is 6.12. The number of azo groups is 1. The summed E-state index contributed by atoms with van der Waals surface area (Å²) < 4.78 is 5.11. The molecule has 0 aliphatic carbocycles. The maximum absolute atomic E-state index is 12.3. The van der Waals surface area contributed by atoms with E-state index in [1.54, 1.807) is 42.5 Å². The average Bonchev–Trinajstić information content (AvgIpc) is 2.93. The third-order valence-electron chi connectivity index (χ3n) is 3.83. The minimum Gasteiger partial charge on any atom is -0.493 e. The van der Waals surface area contributed by atoms with E-state index in [1.165, 1.54) is 6.07 Å². The van der Waals surface area contributed by atoms with E-state index >= 15 is 0 Å². The molecular formula is C18H10ClN3O4. The molecule has 2 aromatic heterocycles. The second-order valence-corrected chi connectivity index (χ2v) is 5.94. The number of H-pyrrole nitrogens is 1. The van der Waals surface area contributed by atoms with Crippen molar-refractivity contribution in [3.63, 3.8) is 0 Å². The summed E-state index contributed by atoms with van der Waals surface area (Å²) in [5, 5.41) is 18.8. The molecule has 8 heteroatoms. The lowest BCUT2D eigenvalue weighted by Gasteiger charge is -1.98. The van der Waals surface area contributed by atoms with Crippen LogP contribution in [0.1, 0.15) is 10.4 Å². The van der Waals surface area contributed by atoms with Gasteiger partial charge < -0.3 is 14.5 Å². The molecule has 2 aromatic carbocycles. The van der Waals surface area contributed by atoms with Gasteiger partial charge in [0, 0.05) is 15.8 Å². The van der Waals surface area contributed by atoms with Gasteiger partial charge in [-0.1, -0.05) is 29.8 Å². The molecule has 128 valence electrons. The van der Waals surface area contributed by atoms with Crippen molar-refractivity contribution in [3.8, 4) is 5.88 Å². The average molecular weight is 368 g/mol. The van der Waals surface area contributed by atoms with E-state index in [0.717, 1.165) is 0 Å². The van der Waals surface area contributed by atoms with E-state index in [0.29, 0.717) is 26.9 Å². The topological polar surface area (TPSA) is 108 Å². The number of carbonyl (C=O) groups is 1. The SMILES string of the molecule is O=C(N=Nc1c(O)[nH]c2ccc(Cl)cc12)c1cc2ccccc2oc1=O. The van der Waals surface area contributed by atoms with Gasteiger partial charge in [-0.3, -0.25) is 4.79 Å². The molecule has 0 radical (unpaired) electrons. The maximum Gasteiger partial charge on any atom is 0.349 e. The molecule has 0 atom stereocenters. The molecule has 0 saturated heterocycles. The summed E-state index contributed by atoms with van der Waals surface area (Å²) in [6.07, 6.45) is 0. The molecule has 0 bridgehead atoms. The third kappa shape index (κ3) is 2.74. The zero-order valence-electron chi connectivity index (χ0n) is 13.1. The Labute approximate surface area is 150 Å². The van der Waals surface area contributed by atoms with E-state index in [2.05, 4.69) is 15.2 Å². The molecule has 2 N–H and O–H groups in total. The highest BCUT2D eigenvalue weighted by atomic mass is 35.5. The fourth-order valence-corrected chi connectivity index (χ4v) is 2.77. The van der Waals surface area contributed by atoms with Crippen molar-refractivity contribution in [1.29, 1.82) is 0 Å². The quantitative estimate of drug-likeness (QED) is 0.400. The van der Waals surface area contributed by atoms with Crippen LogP contribution in [0.5, 0.6) is 5.88 Å². The number of aromatic nitrogens is 1. The van der Waals surface area contributed by atoms with Crippen molar-refractivity contribution in [2.24, 2.45) is 10.2 Å². The Hall–Kier alpha value is -3.45. The molecule has 0 aliphatic rings. The number of nitrogens with one attached hydrogen (secondary N) is 1. The highest BCUT2D eigenvalue weighted by Gasteiger charge is 2.15. The van der Waals surface area contributed by atoms with Crippen molar-refractivity contribution >= 4 is 45.1 Å². The van der Waals surface area contributed by atoms with Gasteiger partial charge in [-0.15, -0.1) is 10.2 Å². The standard InChI is InChI=1S/C18H10ClN3O4/c19-10-5-6-13-11(8-10)15(17(24)20-13)21-22-16(23)12-7-9-3-1-2-4-14(9)26-18(12)25/h1-8,20,24H.